The zero-order valence-electron chi connectivity index (χ0n) is 12.4. The van der Waals surface area contributed by atoms with Gasteiger partial charge in [-0.25, -0.2) is 0 Å². The Morgan fingerprint density at radius 3 is 2.70 bits per heavy atom. The minimum Gasteiger partial charge on any atom is -0.480 e. The second-order valence-electron chi connectivity index (χ2n) is 5.92. The van der Waals surface area contributed by atoms with Crippen molar-refractivity contribution < 1.29 is 9.90 Å². The predicted molar refractivity (Wildman–Crippen MR) is 83.5 cm³/mol. The highest BCUT2D eigenvalue weighted by molar-refractivity contribution is 7.99. The Morgan fingerprint density at radius 2 is 2.15 bits per heavy atom. The van der Waals surface area contributed by atoms with E-state index < -0.39 is 11.5 Å². The number of thioether (sulfide) groups is 1. The predicted octanol–water partition coefficient (Wildman–Crippen LogP) is 3.38. The van der Waals surface area contributed by atoms with Crippen LogP contribution in [0.5, 0.6) is 0 Å². The average Bonchev–Trinajstić information content (AvgIpc) is 3.15. The molecule has 0 spiro atoms. The lowest BCUT2D eigenvalue weighted by Gasteiger charge is -2.26. The van der Waals surface area contributed by atoms with Gasteiger partial charge in [0.1, 0.15) is 5.54 Å². The van der Waals surface area contributed by atoms with E-state index in [1.54, 1.807) is 18.7 Å². The van der Waals surface area contributed by atoms with E-state index in [0.717, 1.165) is 18.6 Å². The van der Waals surface area contributed by atoms with Crippen molar-refractivity contribution in [3.63, 3.8) is 0 Å². The molecule has 110 valence electrons. The van der Waals surface area contributed by atoms with Gasteiger partial charge in [0.05, 0.1) is 0 Å². The van der Waals surface area contributed by atoms with Gasteiger partial charge in [0, 0.05) is 16.7 Å². The number of aryl methyl sites for hydroxylation is 2. The molecule has 20 heavy (non-hydrogen) atoms. The van der Waals surface area contributed by atoms with Crippen LogP contribution in [0.1, 0.15) is 37.3 Å². The molecule has 0 amide bonds. The molecule has 0 saturated heterocycles. The Morgan fingerprint density at radius 1 is 1.45 bits per heavy atom. The van der Waals surface area contributed by atoms with Crippen LogP contribution in [0.25, 0.3) is 0 Å². The van der Waals surface area contributed by atoms with Crippen molar-refractivity contribution in [3.05, 3.63) is 29.3 Å². The number of nitrogens with one attached hydrogen (secondary N) is 1. The van der Waals surface area contributed by atoms with Crippen molar-refractivity contribution in [1.82, 2.24) is 5.32 Å². The van der Waals surface area contributed by atoms with Gasteiger partial charge < -0.3 is 5.11 Å². The van der Waals surface area contributed by atoms with Crippen LogP contribution in [0, 0.1) is 13.8 Å². The molecule has 0 radical (unpaired) electrons. The fourth-order valence-corrected chi connectivity index (χ4v) is 3.43. The molecule has 3 nitrogen and oxygen atoms in total. The van der Waals surface area contributed by atoms with Crippen LogP contribution >= 0.6 is 11.8 Å². The monoisotopic (exact) mass is 293 g/mol. The van der Waals surface area contributed by atoms with Crippen LogP contribution in [0.2, 0.25) is 0 Å². The quantitative estimate of drug-likeness (QED) is 0.757. The van der Waals surface area contributed by atoms with Crippen LogP contribution < -0.4 is 5.32 Å². The average molecular weight is 293 g/mol. The van der Waals surface area contributed by atoms with Crippen molar-refractivity contribution in [3.8, 4) is 0 Å². The zero-order valence-corrected chi connectivity index (χ0v) is 13.2. The maximum atomic E-state index is 11.5. The fourth-order valence-electron chi connectivity index (χ4n) is 2.25. The lowest BCUT2D eigenvalue weighted by molar-refractivity contribution is -0.144. The smallest absolute Gasteiger partial charge is 0.323 e. The number of carboxylic acid groups (broad SMARTS) is 1. The molecule has 2 rings (SSSR count). The summed E-state index contributed by atoms with van der Waals surface area (Å²) in [5.74, 6) is 0.0671. The first-order valence-corrected chi connectivity index (χ1v) is 8.10. The van der Waals surface area contributed by atoms with E-state index in [4.69, 9.17) is 0 Å². The molecule has 1 fully saturated rings. The summed E-state index contributed by atoms with van der Waals surface area (Å²) >= 11 is 1.74. The van der Waals surface area contributed by atoms with Gasteiger partial charge in [0.15, 0.2) is 0 Å². The highest BCUT2D eigenvalue weighted by atomic mass is 32.2. The van der Waals surface area contributed by atoms with E-state index in [0.29, 0.717) is 12.5 Å². The van der Waals surface area contributed by atoms with E-state index in [1.165, 1.54) is 16.0 Å². The summed E-state index contributed by atoms with van der Waals surface area (Å²) in [6.07, 6.45) is 2.84. The Labute approximate surface area is 125 Å². The van der Waals surface area contributed by atoms with Gasteiger partial charge in [0.2, 0.25) is 0 Å². The Balaban J connectivity index is 1.90. The molecule has 1 aliphatic carbocycles. The second-order valence-corrected chi connectivity index (χ2v) is 7.06. The number of hydrogen-bond acceptors (Lipinski definition) is 3. The third-order valence-corrected chi connectivity index (χ3v) is 4.94. The standard InChI is InChI=1S/C16H23NO2S/c1-11-4-7-14(12(2)10-11)20-9-8-16(3,15(18)19)17-13-5-6-13/h4,7,10,13,17H,5-6,8-9H2,1-3H3,(H,18,19). The molecule has 0 aliphatic heterocycles. The number of carbonyl (C=O) groups is 1. The molecular weight excluding hydrogens is 270 g/mol. The van der Waals surface area contributed by atoms with E-state index in [-0.39, 0.29) is 0 Å². The summed E-state index contributed by atoms with van der Waals surface area (Å²) in [7, 11) is 0. The van der Waals surface area contributed by atoms with Crippen molar-refractivity contribution in [2.24, 2.45) is 0 Å². The first kappa shape index (κ1) is 15.4. The molecule has 2 N–H and O–H groups in total. The summed E-state index contributed by atoms with van der Waals surface area (Å²) in [5.41, 5.74) is 1.73. The summed E-state index contributed by atoms with van der Waals surface area (Å²) in [6.45, 7) is 5.99. The van der Waals surface area contributed by atoms with Crippen LogP contribution in [0.3, 0.4) is 0 Å². The first-order chi connectivity index (χ1) is 9.40. The first-order valence-electron chi connectivity index (χ1n) is 7.12. The molecular formula is C16H23NO2S. The topological polar surface area (TPSA) is 49.3 Å². The van der Waals surface area contributed by atoms with Crippen molar-refractivity contribution in [2.45, 2.75) is 56.5 Å². The van der Waals surface area contributed by atoms with Crippen molar-refractivity contribution >= 4 is 17.7 Å². The van der Waals surface area contributed by atoms with E-state index in [2.05, 4.69) is 37.4 Å². The van der Waals surface area contributed by atoms with E-state index in [1.807, 2.05) is 0 Å². The number of carboxylic acids is 1. The zero-order chi connectivity index (χ0) is 14.8. The molecule has 1 aromatic rings. The SMILES string of the molecule is Cc1ccc(SCCC(C)(NC2CC2)C(=O)O)c(C)c1. The van der Waals surface area contributed by atoms with Gasteiger partial charge in [-0.1, -0.05) is 17.7 Å². The lowest BCUT2D eigenvalue weighted by atomic mass is 9.99. The van der Waals surface area contributed by atoms with Crippen LogP contribution in [0.4, 0.5) is 0 Å². The van der Waals surface area contributed by atoms with Crippen molar-refractivity contribution in [2.75, 3.05) is 5.75 Å². The van der Waals surface area contributed by atoms with Gasteiger partial charge in [0.25, 0.3) is 0 Å². The Hall–Kier alpha value is -1.00. The van der Waals surface area contributed by atoms with Crippen LogP contribution in [-0.2, 0) is 4.79 Å². The number of hydrogen-bond donors (Lipinski definition) is 2. The third kappa shape index (κ3) is 4.00. The Bertz CT molecular complexity index is 499. The maximum absolute atomic E-state index is 11.5. The maximum Gasteiger partial charge on any atom is 0.323 e. The summed E-state index contributed by atoms with van der Waals surface area (Å²) < 4.78 is 0. The highest BCUT2D eigenvalue weighted by Gasteiger charge is 2.37. The molecule has 4 heteroatoms. The van der Waals surface area contributed by atoms with Gasteiger partial charge in [-0.3, -0.25) is 10.1 Å². The summed E-state index contributed by atoms with van der Waals surface area (Å²) in [5, 5.41) is 12.7. The van der Waals surface area contributed by atoms with E-state index in [9.17, 15) is 9.90 Å². The van der Waals surface area contributed by atoms with Gasteiger partial charge in [-0.05, 0) is 51.7 Å². The molecule has 1 unspecified atom stereocenters. The van der Waals surface area contributed by atoms with Crippen molar-refractivity contribution in [1.29, 1.82) is 0 Å². The molecule has 1 aromatic carbocycles. The number of rotatable bonds is 7. The second kappa shape index (κ2) is 6.19. The molecule has 0 bridgehead atoms. The largest absolute Gasteiger partial charge is 0.480 e. The van der Waals surface area contributed by atoms with Crippen LogP contribution in [0.15, 0.2) is 23.1 Å². The normalized spacial score (nSPS) is 17.8. The highest BCUT2D eigenvalue weighted by Crippen LogP contribution is 2.28. The molecule has 1 atom stereocenters. The van der Waals surface area contributed by atoms with Gasteiger partial charge in [-0.15, -0.1) is 11.8 Å². The molecule has 1 aliphatic rings. The molecule has 1 saturated carbocycles. The van der Waals surface area contributed by atoms with Crippen LogP contribution in [-0.4, -0.2) is 28.4 Å². The third-order valence-electron chi connectivity index (χ3n) is 3.76. The lowest BCUT2D eigenvalue weighted by Crippen LogP contribution is -2.50. The number of benzene rings is 1. The molecule has 0 aromatic heterocycles. The Kier molecular flexibility index (Phi) is 4.76. The summed E-state index contributed by atoms with van der Waals surface area (Å²) in [6, 6.07) is 6.80. The minimum absolute atomic E-state index is 0.405. The van der Waals surface area contributed by atoms with E-state index >= 15 is 0 Å². The number of aliphatic carboxylic acids is 1. The van der Waals surface area contributed by atoms with Gasteiger partial charge >= 0.3 is 5.97 Å². The summed E-state index contributed by atoms with van der Waals surface area (Å²) in [4.78, 5) is 12.7. The fraction of sp³-hybridized carbons (Fsp3) is 0.562. The van der Waals surface area contributed by atoms with Gasteiger partial charge in [-0.2, -0.15) is 0 Å². The molecule has 0 heterocycles. The minimum atomic E-state index is -0.799.